The van der Waals surface area contributed by atoms with Crippen molar-refractivity contribution in [2.45, 2.75) is 18.4 Å². The van der Waals surface area contributed by atoms with Gasteiger partial charge in [0.2, 0.25) is 11.7 Å². The standard InChI is InChI=1S/C12H15N3O4S/c1-7-4-10(20(3,16)17)8(5-9(7)18-2)12-14-11(6-13)19-15-12/h4-5H,6,13H2,1-3H3. The molecular weight excluding hydrogens is 282 g/mol. The van der Waals surface area contributed by atoms with Crippen LogP contribution in [0.2, 0.25) is 0 Å². The van der Waals surface area contributed by atoms with E-state index in [-0.39, 0.29) is 23.2 Å². The van der Waals surface area contributed by atoms with E-state index in [1.807, 2.05) is 0 Å². The summed E-state index contributed by atoms with van der Waals surface area (Å²) in [6, 6.07) is 3.11. The Morgan fingerprint density at radius 1 is 1.40 bits per heavy atom. The van der Waals surface area contributed by atoms with Crippen molar-refractivity contribution in [3.8, 4) is 17.1 Å². The van der Waals surface area contributed by atoms with Crippen molar-refractivity contribution in [1.82, 2.24) is 10.1 Å². The Bertz CT molecular complexity index is 737. The second-order valence-electron chi connectivity index (χ2n) is 4.31. The molecule has 0 radical (unpaired) electrons. The molecule has 2 rings (SSSR count). The highest BCUT2D eigenvalue weighted by atomic mass is 32.2. The number of aromatic nitrogens is 2. The number of ether oxygens (including phenoxy) is 1. The SMILES string of the molecule is COc1cc(-c2noc(CN)n2)c(S(C)(=O)=O)cc1C. The van der Waals surface area contributed by atoms with Crippen LogP contribution in [0.4, 0.5) is 0 Å². The Morgan fingerprint density at radius 2 is 2.10 bits per heavy atom. The monoisotopic (exact) mass is 297 g/mol. The Kier molecular flexibility index (Phi) is 3.78. The highest BCUT2D eigenvalue weighted by molar-refractivity contribution is 7.90. The maximum atomic E-state index is 11.9. The van der Waals surface area contributed by atoms with Crippen molar-refractivity contribution in [2.24, 2.45) is 5.73 Å². The van der Waals surface area contributed by atoms with Crippen LogP contribution in [0.15, 0.2) is 21.6 Å². The zero-order valence-electron chi connectivity index (χ0n) is 11.4. The van der Waals surface area contributed by atoms with Crippen molar-refractivity contribution in [3.63, 3.8) is 0 Å². The van der Waals surface area contributed by atoms with Crippen LogP contribution in [0, 0.1) is 6.92 Å². The largest absolute Gasteiger partial charge is 0.496 e. The highest BCUT2D eigenvalue weighted by Crippen LogP contribution is 2.32. The summed E-state index contributed by atoms with van der Waals surface area (Å²) < 4.78 is 33.9. The van der Waals surface area contributed by atoms with Crippen molar-refractivity contribution < 1.29 is 17.7 Å². The number of nitrogens with two attached hydrogens (primary N) is 1. The molecule has 0 saturated carbocycles. The number of benzene rings is 1. The minimum atomic E-state index is -3.44. The van der Waals surface area contributed by atoms with E-state index in [2.05, 4.69) is 10.1 Å². The predicted molar refractivity (Wildman–Crippen MR) is 72.0 cm³/mol. The molecule has 7 nitrogen and oxygen atoms in total. The lowest BCUT2D eigenvalue weighted by molar-refractivity contribution is 0.380. The second-order valence-corrected chi connectivity index (χ2v) is 6.29. The van der Waals surface area contributed by atoms with E-state index in [0.717, 1.165) is 6.26 Å². The molecule has 20 heavy (non-hydrogen) atoms. The first kappa shape index (κ1) is 14.5. The maximum absolute atomic E-state index is 11.9. The third kappa shape index (κ3) is 2.66. The lowest BCUT2D eigenvalue weighted by Crippen LogP contribution is -2.03. The molecule has 0 aliphatic rings. The first-order chi connectivity index (χ1) is 9.36. The van der Waals surface area contributed by atoms with E-state index in [1.165, 1.54) is 13.2 Å². The molecule has 0 saturated heterocycles. The van der Waals surface area contributed by atoms with Crippen LogP contribution in [0.3, 0.4) is 0 Å². The van der Waals surface area contributed by atoms with Gasteiger partial charge in [-0.2, -0.15) is 4.98 Å². The van der Waals surface area contributed by atoms with Gasteiger partial charge in [0.25, 0.3) is 0 Å². The molecule has 1 aromatic carbocycles. The fraction of sp³-hybridized carbons (Fsp3) is 0.333. The summed E-state index contributed by atoms with van der Waals surface area (Å²) in [5.41, 5.74) is 6.45. The third-order valence-corrected chi connectivity index (χ3v) is 3.92. The Morgan fingerprint density at radius 3 is 2.60 bits per heavy atom. The zero-order valence-corrected chi connectivity index (χ0v) is 12.2. The number of methoxy groups -OCH3 is 1. The third-order valence-electron chi connectivity index (χ3n) is 2.78. The van der Waals surface area contributed by atoms with Gasteiger partial charge in [-0.25, -0.2) is 8.42 Å². The van der Waals surface area contributed by atoms with Crippen LogP contribution in [0.5, 0.6) is 5.75 Å². The Hall–Kier alpha value is -1.93. The van der Waals surface area contributed by atoms with E-state index >= 15 is 0 Å². The van der Waals surface area contributed by atoms with Gasteiger partial charge in [-0.3, -0.25) is 0 Å². The lowest BCUT2D eigenvalue weighted by Gasteiger charge is -2.10. The molecule has 2 N–H and O–H groups in total. The number of nitrogens with zero attached hydrogens (tertiary/aromatic N) is 2. The topological polar surface area (TPSA) is 108 Å². The van der Waals surface area contributed by atoms with Crippen molar-refractivity contribution in [2.75, 3.05) is 13.4 Å². The molecule has 2 aromatic rings. The molecule has 0 amide bonds. The molecule has 0 atom stereocenters. The first-order valence-corrected chi connectivity index (χ1v) is 7.67. The van der Waals surface area contributed by atoms with Crippen LogP contribution in [-0.2, 0) is 16.4 Å². The van der Waals surface area contributed by atoms with E-state index in [0.29, 0.717) is 16.9 Å². The van der Waals surface area contributed by atoms with Gasteiger partial charge in [-0.1, -0.05) is 5.16 Å². The van der Waals surface area contributed by atoms with Crippen LogP contribution >= 0.6 is 0 Å². The van der Waals surface area contributed by atoms with Gasteiger partial charge in [0.15, 0.2) is 9.84 Å². The molecule has 0 unspecified atom stereocenters. The summed E-state index contributed by atoms with van der Waals surface area (Å²) in [5.74, 6) is 0.953. The number of hydrogen-bond donors (Lipinski definition) is 1. The smallest absolute Gasteiger partial charge is 0.240 e. The van der Waals surface area contributed by atoms with Gasteiger partial charge in [0.05, 0.1) is 18.6 Å². The van der Waals surface area contributed by atoms with E-state index in [9.17, 15) is 8.42 Å². The molecule has 0 bridgehead atoms. The van der Waals surface area contributed by atoms with Crippen molar-refractivity contribution in [1.29, 1.82) is 0 Å². The molecule has 0 aliphatic heterocycles. The van der Waals surface area contributed by atoms with Gasteiger partial charge in [-0.05, 0) is 24.6 Å². The summed E-state index contributed by atoms with van der Waals surface area (Å²) in [7, 11) is -1.93. The second kappa shape index (κ2) is 5.22. The lowest BCUT2D eigenvalue weighted by atomic mass is 10.1. The number of sulfone groups is 1. The molecule has 1 aromatic heterocycles. The average molecular weight is 297 g/mol. The minimum absolute atomic E-state index is 0.0875. The first-order valence-electron chi connectivity index (χ1n) is 5.78. The maximum Gasteiger partial charge on any atom is 0.240 e. The molecule has 0 aliphatic carbocycles. The van der Waals surface area contributed by atoms with Crippen LogP contribution < -0.4 is 10.5 Å². The van der Waals surface area contributed by atoms with Crippen LogP contribution in [0.25, 0.3) is 11.4 Å². The normalized spacial score (nSPS) is 11.6. The number of aryl methyl sites for hydroxylation is 1. The molecule has 0 spiro atoms. The fourth-order valence-electron chi connectivity index (χ4n) is 1.81. The average Bonchev–Trinajstić information content (AvgIpc) is 2.86. The summed E-state index contributed by atoms with van der Waals surface area (Å²) in [6.45, 7) is 1.85. The fourth-order valence-corrected chi connectivity index (χ4v) is 2.75. The zero-order chi connectivity index (χ0) is 14.9. The van der Waals surface area contributed by atoms with Gasteiger partial charge >= 0.3 is 0 Å². The van der Waals surface area contributed by atoms with E-state index < -0.39 is 9.84 Å². The molecule has 1 heterocycles. The summed E-state index contributed by atoms with van der Waals surface area (Å²) in [5, 5.41) is 3.75. The van der Waals surface area contributed by atoms with Gasteiger partial charge in [-0.15, -0.1) is 0 Å². The Labute approximate surface area is 116 Å². The summed E-state index contributed by atoms with van der Waals surface area (Å²) in [6.07, 6.45) is 1.13. The highest BCUT2D eigenvalue weighted by Gasteiger charge is 2.21. The Balaban J connectivity index is 2.71. The minimum Gasteiger partial charge on any atom is -0.496 e. The molecule has 0 fully saturated rings. The molecule has 8 heteroatoms. The summed E-state index contributed by atoms with van der Waals surface area (Å²) in [4.78, 5) is 4.18. The number of rotatable bonds is 4. The van der Waals surface area contributed by atoms with Gasteiger partial charge in [0.1, 0.15) is 5.75 Å². The van der Waals surface area contributed by atoms with Gasteiger partial charge < -0.3 is 15.0 Å². The van der Waals surface area contributed by atoms with Crippen molar-refractivity contribution >= 4 is 9.84 Å². The molecular formula is C12H15N3O4S. The molecule has 108 valence electrons. The van der Waals surface area contributed by atoms with Crippen LogP contribution in [0.1, 0.15) is 11.5 Å². The number of hydrogen-bond acceptors (Lipinski definition) is 7. The van der Waals surface area contributed by atoms with E-state index in [4.69, 9.17) is 15.0 Å². The van der Waals surface area contributed by atoms with Crippen molar-refractivity contribution in [3.05, 3.63) is 23.6 Å². The van der Waals surface area contributed by atoms with E-state index in [1.54, 1.807) is 13.0 Å². The quantitative estimate of drug-likeness (QED) is 0.893. The predicted octanol–water partition coefficient (Wildman–Crippen LogP) is 0.916. The van der Waals surface area contributed by atoms with Gasteiger partial charge in [0, 0.05) is 11.8 Å². The van der Waals surface area contributed by atoms with Crippen LogP contribution in [-0.4, -0.2) is 31.9 Å². The summed E-state index contributed by atoms with van der Waals surface area (Å²) >= 11 is 0.